The lowest BCUT2D eigenvalue weighted by molar-refractivity contribution is 0.102. The average molecular weight is 396 g/mol. The number of nitrogens with zero attached hydrogens (tertiary/aromatic N) is 2. The fraction of sp³-hybridized carbons (Fsp3) is 0.409. The van der Waals surface area contributed by atoms with E-state index in [-0.39, 0.29) is 11.3 Å². The Balaban J connectivity index is 1.57. The van der Waals surface area contributed by atoms with Crippen LogP contribution in [0.3, 0.4) is 0 Å². The van der Waals surface area contributed by atoms with E-state index in [1.165, 1.54) is 4.88 Å². The zero-order valence-corrected chi connectivity index (χ0v) is 17.5. The molecule has 0 spiro atoms. The summed E-state index contributed by atoms with van der Waals surface area (Å²) in [4.78, 5) is 19.0. The molecule has 0 bridgehead atoms. The van der Waals surface area contributed by atoms with E-state index in [9.17, 15) is 4.79 Å². The maximum atomic E-state index is 13.0. The summed E-state index contributed by atoms with van der Waals surface area (Å²) in [6.07, 6.45) is 3.16. The van der Waals surface area contributed by atoms with Crippen LogP contribution in [0.1, 0.15) is 53.8 Å². The number of aryl methyl sites for hydroxylation is 2. The fourth-order valence-corrected chi connectivity index (χ4v) is 4.83. The van der Waals surface area contributed by atoms with Crippen molar-refractivity contribution in [1.29, 1.82) is 0 Å². The summed E-state index contributed by atoms with van der Waals surface area (Å²) in [6.45, 7) is 8.68. The molecule has 4 rings (SSSR count). The van der Waals surface area contributed by atoms with Gasteiger partial charge in [-0.2, -0.15) is 0 Å². The maximum absolute atomic E-state index is 13.0. The van der Waals surface area contributed by atoms with Crippen molar-refractivity contribution in [1.82, 2.24) is 10.1 Å². The molecule has 1 unspecified atom stereocenters. The highest BCUT2D eigenvalue weighted by Crippen LogP contribution is 2.40. The van der Waals surface area contributed by atoms with Gasteiger partial charge in [-0.05, 0) is 37.5 Å². The second-order valence-corrected chi connectivity index (χ2v) is 9.57. The van der Waals surface area contributed by atoms with Crippen LogP contribution in [0.5, 0.6) is 0 Å². The number of carbonyl (C=O) groups excluding carboxylic acids is 1. The van der Waals surface area contributed by atoms with Gasteiger partial charge in [-0.1, -0.05) is 56.3 Å². The number of hydrogen-bond acceptors (Lipinski definition) is 5. The standard InChI is InChI=1S/C22H25N3O2S/c1-13-18(19(27-25-13)14-8-6-5-7-9-14)20(26)24-21-23-16-11-10-15(22(2,3)4)12-17(16)28-21/h5-9,15H,10-12H2,1-4H3,(H,23,24,26). The van der Waals surface area contributed by atoms with E-state index in [2.05, 4.69) is 36.2 Å². The molecule has 2 aromatic heterocycles. The van der Waals surface area contributed by atoms with Crippen molar-refractivity contribution in [3.63, 3.8) is 0 Å². The Labute approximate surface area is 169 Å². The third-order valence-electron chi connectivity index (χ3n) is 5.51. The minimum Gasteiger partial charge on any atom is -0.355 e. The molecule has 146 valence electrons. The van der Waals surface area contributed by atoms with Gasteiger partial charge in [0.05, 0.1) is 11.4 Å². The summed E-state index contributed by atoms with van der Waals surface area (Å²) < 4.78 is 5.45. The number of hydrogen-bond donors (Lipinski definition) is 1. The summed E-state index contributed by atoms with van der Waals surface area (Å²) in [5, 5.41) is 7.64. The molecule has 0 aliphatic heterocycles. The van der Waals surface area contributed by atoms with Gasteiger partial charge in [-0.25, -0.2) is 4.98 Å². The molecule has 1 atom stereocenters. The molecule has 0 saturated heterocycles. The van der Waals surface area contributed by atoms with Gasteiger partial charge in [0.15, 0.2) is 10.9 Å². The van der Waals surface area contributed by atoms with Gasteiger partial charge >= 0.3 is 0 Å². The summed E-state index contributed by atoms with van der Waals surface area (Å²) >= 11 is 1.59. The minimum atomic E-state index is -0.226. The first-order valence-corrected chi connectivity index (χ1v) is 10.5. The molecule has 1 N–H and O–H groups in total. The molecule has 0 fully saturated rings. The SMILES string of the molecule is Cc1noc(-c2ccccc2)c1C(=O)Nc1nc2c(s1)CC(C(C)(C)C)CC2. The van der Waals surface area contributed by atoms with E-state index < -0.39 is 0 Å². The van der Waals surface area contributed by atoms with Crippen molar-refractivity contribution in [2.75, 3.05) is 5.32 Å². The highest BCUT2D eigenvalue weighted by molar-refractivity contribution is 7.15. The lowest BCUT2D eigenvalue weighted by atomic mass is 9.73. The van der Waals surface area contributed by atoms with E-state index >= 15 is 0 Å². The molecule has 0 radical (unpaired) electrons. The number of thiazole rings is 1. The highest BCUT2D eigenvalue weighted by Gasteiger charge is 2.31. The summed E-state index contributed by atoms with van der Waals surface area (Å²) in [5.74, 6) is 0.912. The van der Waals surface area contributed by atoms with Gasteiger partial charge in [-0.15, -0.1) is 11.3 Å². The fourth-order valence-electron chi connectivity index (χ4n) is 3.75. The molecular formula is C22H25N3O2S. The Morgan fingerprint density at radius 2 is 2.00 bits per heavy atom. The van der Waals surface area contributed by atoms with Crippen molar-refractivity contribution in [2.24, 2.45) is 11.3 Å². The third kappa shape index (κ3) is 3.61. The second-order valence-electron chi connectivity index (χ2n) is 8.49. The Kier molecular flexibility index (Phi) is 4.83. The molecule has 1 aliphatic rings. The number of carbonyl (C=O) groups is 1. The molecule has 1 aromatic carbocycles. The molecule has 1 aliphatic carbocycles. The summed E-state index contributed by atoms with van der Waals surface area (Å²) in [6, 6.07) is 9.57. The molecule has 5 nitrogen and oxygen atoms in total. The molecular weight excluding hydrogens is 370 g/mol. The zero-order valence-electron chi connectivity index (χ0n) is 16.7. The monoisotopic (exact) mass is 395 g/mol. The number of benzene rings is 1. The van der Waals surface area contributed by atoms with Crippen LogP contribution in [0.15, 0.2) is 34.9 Å². The third-order valence-corrected chi connectivity index (χ3v) is 6.55. The Bertz CT molecular complexity index is 999. The second kappa shape index (κ2) is 7.17. The van der Waals surface area contributed by atoms with Crippen LogP contribution >= 0.6 is 11.3 Å². The Morgan fingerprint density at radius 3 is 2.71 bits per heavy atom. The van der Waals surface area contributed by atoms with E-state index in [1.54, 1.807) is 18.3 Å². The van der Waals surface area contributed by atoms with Gasteiger partial charge in [0, 0.05) is 10.4 Å². The van der Waals surface area contributed by atoms with E-state index in [0.717, 1.165) is 30.5 Å². The Hall–Kier alpha value is -2.47. The van der Waals surface area contributed by atoms with Gasteiger partial charge in [0.2, 0.25) is 0 Å². The molecule has 2 heterocycles. The first-order valence-electron chi connectivity index (χ1n) is 9.64. The zero-order chi connectivity index (χ0) is 19.9. The number of fused-ring (bicyclic) bond motifs is 1. The van der Waals surface area contributed by atoms with Crippen molar-refractivity contribution < 1.29 is 9.32 Å². The van der Waals surface area contributed by atoms with E-state index in [4.69, 9.17) is 4.52 Å². The van der Waals surface area contributed by atoms with Crippen molar-refractivity contribution >= 4 is 22.4 Å². The smallest absolute Gasteiger partial charge is 0.263 e. The van der Waals surface area contributed by atoms with Crippen molar-refractivity contribution in [3.8, 4) is 11.3 Å². The first kappa shape index (κ1) is 18.9. The highest BCUT2D eigenvalue weighted by atomic mass is 32.1. The van der Waals surface area contributed by atoms with Gasteiger partial charge in [-0.3, -0.25) is 10.1 Å². The van der Waals surface area contributed by atoms with Crippen LogP contribution in [0.25, 0.3) is 11.3 Å². The topological polar surface area (TPSA) is 68.0 Å². The van der Waals surface area contributed by atoms with Gasteiger partial charge in [0.25, 0.3) is 5.91 Å². The molecule has 6 heteroatoms. The van der Waals surface area contributed by atoms with E-state index in [0.29, 0.717) is 28.1 Å². The lowest BCUT2D eigenvalue weighted by Gasteiger charge is -2.33. The normalized spacial score (nSPS) is 16.6. The van der Waals surface area contributed by atoms with Crippen LogP contribution in [0.2, 0.25) is 0 Å². The molecule has 1 amide bonds. The van der Waals surface area contributed by atoms with Gasteiger partial charge in [0.1, 0.15) is 5.56 Å². The first-order chi connectivity index (χ1) is 13.3. The van der Waals surface area contributed by atoms with Crippen molar-refractivity contribution in [2.45, 2.75) is 47.0 Å². The Morgan fingerprint density at radius 1 is 1.25 bits per heavy atom. The molecule has 3 aromatic rings. The number of rotatable bonds is 3. The number of amides is 1. The van der Waals surface area contributed by atoms with Crippen molar-refractivity contribution in [3.05, 3.63) is 52.2 Å². The number of aromatic nitrogens is 2. The van der Waals surface area contributed by atoms with Crippen LogP contribution in [-0.4, -0.2) is 16.0 Å². The largest absolute Gasteiger partial charge is 0.355 e. The predicted octanol–water partition coefficient (Wildman–Crippen LogP) is 5.51. The quantitative estimate of drug-likeness (QED) is 0.635. The van der Waals surface area contributed by atoms with Crippen LogP contribution in [0, 0.1) is 18.3 Å². The average Bonchev–Trinajstić information content (AvgIpc) is 3.23. The maximum Gasteiger partial charge on any atom is 0.263 e. The number of anilines is 1. The predicted molar refractivity (Wildman–Crippen MR) is 112 cm³/mol. The van der Waals surface area contributed by atoms with Gasteiger partial charge < -0.3 is 4.52 Å². The number of nitrogens with one attached hydrogen (secondary N) is 1. The summed E-state index contributed by atoms with van der Waals surface area (Å²) in [5.41, 5.74) is 3.29. The summed E-state index contributed by atoms with van der Waals surface area (Å²) in [7, 11) is 0. The molecule has 28 heavy (non-hydrogen) atoms. The van der Waals surface area contributed by atoms with Crippen LogP contribution < -0.4 is 5.32 Å². The van der Waals surface area contributed by atoms with Crippen LogP contribution in [-0.2, 0) is 12.8 Å². The van der Waals surface area contributed by atoms with E-state index in [1.807, 2.05) is 30.3 Å². The lowest BCUT2D eigenvalue weighted by Crippen LogP contribution is -2.26. The van der Waals surface area contributed by atoms with Crippen LogP contribution in [0.4, 0.5) is 5.13 Å². The minimum absolute atomic E-state index is 0.226. The molecule has 0 saturated carbocycles.